The van der Waals surface area contributed by atoms with Gasteiger partial charge in [0.2, 0.25) is 0 Å². The Morgan fingerprint density at radius 2 is 2.33 bits per heavy atom. The monoisotopic (exact) mass is 250 g/mol. The van der Waals surface area contributed by atoms with Crippen LogP contribution in [0.4, 0.5) is 0 Å². The minimum absolute atomic E-state index is 0.227. The van der Waals surface area contributed by atoms with Gasteiger partial charge < -0.3 is 10.4 Å². The van der Waals surface area contributed by atoms with Crippen LogP contribution in [0, 0.1) is 0 Å². The van der Waals surface area contributed by atoms with E-state index in [-0.39, 0.29) is 5.69 Å². The molecule has 2 heterocycles. The first-order valence-electron chi connectivity index (χ1n) is 5.60. The highest BCUT2D eigenvalue weighted by molar-refractivity contribution is 5.72. The van der Waals surface area contributed by atoms with E-state index in [1.165, 1.54) is 9.08 Å². The predicted octanol–water partition coefficient (Wildman–Crippen LogP) is -0.441. The molecule has 0 radical (unpaired) electrons. The first-order chi connectivity index (χ1) is 8.59. The van der Waals surface area contributed by atoms with E-state index in [1.54, 1.807) is 31.3 Å². The summed E-state index contributed by atoms with van der Waals surface area (Å²) in [5.41, 5.74) is 0.351. The van der Waals surface area contributed by atoms with Crippen LogP contribution in [-0.2, 0) is 11.3 Å². The topological polar surface area (TPSA) is 88.6 Å². The first kappa shape index (κ1) is 12.3. The van der Waals surface area contributed by atoms with Crippen molar-refractivity contribution >= 4 is 11.6 Å². The number of fused-ring (bicyclic) bond motifs is 1. The Balaban J connectivity index is 2.06. The summed E-state index contributed by atoms with van der Waals surface area (Å²) in [5.74, 6) is -0.919. The Morgan fingerprint density at radius 3 is 3.00 bits per heavy atom. The lowest BCUT2D eigenvalue weighted by atomic mass is 10.3. The van der Waals surface area contributed by atoms with Gasteiger partial charge in [0, 0.05) is 12.7 Å². The molecule has 7 nitrogen and oxygen atoms in total. The number of pyridine rings is 1. The molecule has 0 saturated heterocycles. The summed E-state index contributed by atoms with van der Waals surface area (Å²) in [5, 5.41) is 15.6. The maximum Gasteiger partial charge on any atom is 0.350 e. The number of carboxylic acids is 1. The molecule has 18 heavy (non-hydrogen) atoms. The number of hydrogen-bond acceptors (Lipinski definition) is 4. The van der Waals surface area contributed by atoms with E-state index < -0.39 is 12.0 Å². The highest BCUT2D eigenvalue weighted by atomic mass is 16.4. The van der Waals surface area contributed by atoms with Gasteiger partial charge in [0.05, 0.1) is 6.54 Å². The van der Waals surface area contributed by atoms with E-state index in [0.29, 0.717) is 18.7 Å². The third-order valence-electron chi connectivity index (χ3n) is 2.63. The smallest absolute Gasteiger partial charge is 0.350 e. The Hall–Kier alpha value is -2.15. The quantitative estimate of drug-likeness (QED) is 0.751. The van der Waals surface area contributed by atoms with Crippen molar-refractivity contribution in [3.05, 3.63) is 34.9 Å². The molecule has 0 aliphatic carbocycles. The summed E-state index contributed by atoms with van der Waals surface area (Å²) in [6.07, 6.45) is 1.65. The van der Waals surface area contributed by atoms with Crippen LogP contribution < -0.4 is 11.0 Å². The fourth-order valence-electron chi connectivity index (χ4n) is 1.59. The molecular formula is C11H14N4O3. The summed E-state index contributed by atoms with van der Waals surface area (Å²) in [6, 6.07) is 4.66. The van der Waals surface area contributed by atoms with Crippen LogP contribution in [0.3, 0.4) is 0 Å². The molecule has 2 rings (SSSR count). The van der Waals surface area contributed by atoms with Crippen molar-refractivity contribution in [3.8, 4) is 0 Å². The Labute approximate surface area is 103 Å². The number of aliphatic carboxylic acids is 1. The maximum absolute atomic E-state index is 11.9. The van der Waals surface area contributed by atoms with Gasteiger partial charge in [-0.25, -0.2) is 9.48 Å². The Bertz CT molecular complexity index is 616. The molecule has 7 heteroatoms. The summed E-state index contributed by atoms with van der Waals surface area (Å²) in [6.45, 7) is 2.25. The number of hydrogen-bond donors (Lipinski definition) is 2. The van der Waals surface area contributed by atoms with E-state index in [0.717, 1.165) is 0 Å². The lowest BCUT2D eigenvalue weighted by molar-refractivity contribution is -0.139. The average Bonchev–Trinajstić information content (AvgIpc) is 2.67. The van der Waals surface area contributed by atoms with Gasteiger partial charge in [-0.05, 0) is 19.1 Å². The lowest BCUT2D eigenvalue weighted by Crippen LogP contribution is -2.37. The van der Waals surface area contributed by atoms with Crippen LogP contribution in [-0.4, -0.2) is 37.8 Å². The molecule has 2 aromatic rings. The second kappa shape index (κ2) is 5.01. The molecule has 0 aromatic carbocycles. The minimum Gasteiger partial charge on any atom is -0.480 e. The Morgan fingerprint density at radius 1 is 1.56 bits per heavy atom. The molecule has 0 fully saturated rings. The number of nitrogens with zero attached hydrogens (tertiary/aromatic N) is 3. The van der Waals surface area contributed by atoms with Crippen molar-refractivity contribution in [1.82, 2.24) is 19.5 Å². The number of rotatable bonds is 5. The Kier molecular flexibility index (Phi) is 3.42. The summed E-state index contributed by atoms with van der Waals surface area (Å²) in [7, 11) is 0. The fourth-order valence-corrected chi connectivity index (χ4v) is 1.59. The normalized spacial score (nSPS) is 12.7. The van der Waals surface area contributed by atoms with E-state index in [4.69, 9.17) is 5.11 Å². The molecule has 1 atom stereocenters. The molecule has 0 aliphatic heterocycles. The van der Waals surface area contributed by atoms with E-state index in [9.17, 15) is 9.59 Å². The molecule has 96 valence electrons. The zero-order valence-corrected chi connectivity index (χ0v) is 9.91. The van der Waals surface area contributed by atoms with Crippen LogP contribution in [0.1, 0.15) is 6.92 Å². The van der Waals surface area contributed by atoms with Crippen molar-refractivity contribution in [2.24, 2.45) is 0 Å². The van der Waals surface area contributed by atoms with Crippen LogP contribution in [0.5, 0.6) is 0 Å². The molecule has 0 aliphatic rings. The molecule has 0 saturated carbocycles. The van der Waals surface area contributed by atoms with Gasteiger partial charge in [0.1, 0.15) is 6.04 Å². The molecule has 0 amide bonds. The van der Waals surface area contributed by atoms with Gasteiger partial charge in [-0.1, -0.05) is 6.07 Å². The third kappa shape index (κ3) is 2.40. The minimum atomic E-state index is -0.919. The molecule has 2 aromatic heterocycles. The van der Waals surface area contributed by atoms with Crippen molar-refractivity contribution in [2.45, 2.75) is 19.5 Å². The highest BCUT2D eigenvalue weighted by Crippen LogP contribution is 1.94. The SMILES string of the molecule is CC(NCCn1nc2ccccn2c1=O)C(=O)O. The van der Waals surface area contributed by atoms with Crippen molar-refractivity contribution in [3.63, 3.8) is 0 Å². The van der Waals surface area contributed by atoms with Gasteiger partial charge in [0.25, 0.3) is 0 Å². The molecule has 1 unspecified atom stereocenters. The van der Waals surface area contributed by atoms with Crippen LogP contribution in [0.25, 0.3) is 5.65 Å². The maximum atomic E-state index is 11.9. The standard InChI is InChI=1S/C11H14N4O3/c1-8(10(16)17)12-5-7-15-11(18)14-6-3-2-4-9(14)13-15/h2-4,6,8,12H,5,7H2,1H3,(H,16,17). The number of aromatic nitrogens is 3. The van der Waals surface area contributed by atoms with Crippen LogP contribution in [0.2, 0.25) is 0 Å². The largest absolute Gasteiger partial charge is 0.480 e. The second-order valence-electron chi connectivity index (χ2n) is 3.95. The molecular weight excluding hydrogens is 236 g/mol. The molecule has 2 N–H and O–H groups in total. The van der Waals surface area contributed by atoms with Crippen molar-refractivity contribution < 1.29 is 9.90 Å². The number of nitrogens with one attached hydrogen (secondary N) is 1. The highest BCUT2D eigenvalue weighted by Gasteiger charge is 2.10. The molecule has 0 spiro atoms. The average molecular weight is 250 g/mol. The second-order valence-corrected chi connectivity index (χ2v) is 3.95. The summed E-state index contributed by atoms with van der Waals surface area (Å²) in [4.78, 5) is 22.5. The van der Waals surface area contributed by atoms with Crippen LogP contribution in [0.15, 0.2) is 29.2 Å². The van der Waals surface area contributed by atoms with Crippen LogP contribution >= 0.6 is 0 Å². The zero-order chi connectivity index (χ0) is 13.1. The fraction of sp³-hybridized carbons (Fsp3) is 0.364. The van der Waals surface area contributed by atoms with E-state index in [1.807, 2.05) is 0 Å². The van der Waals surface area contributed by atoms with Gasteiger partial charge in [-0.3, -0.25) is 9.20 Å². The van der Waals surface area contributed by atoms with Gasteiger partial charge >= 0.3 is 11.7 Å². The third-order valence-corrected chi connectivity index (χ3v) is 2.63. The van der Waals surface area contributed by atoms with Gasteiger partial charge in [-0.15, -0.1) is 5.10 Å². The van der Waals surface area contributed by atoms with E-state index in [2.05, 4.69) is 10.4 Å². The molecule has 0 bridgehead atoms. The number of carboxylic acid groups (broad SMARTS) is 1. The van der Waals surface area contributed by atoms with Crippen molar-refractivity contribution in [1.29, 1.82) is 0 Å². The zero-order valence-electron chi connectivity index (χ0n) is 9.91. The van der Waals surface area contributed by atoms with Gasteiger partial charge in [-0.2, -0.15) is 0 Å². The first-order valence-corrected chi connectivity index (χ1v) is 5.60. The van der Waals surface area contributed by atoms with Crippen molar-refractivity contribution in [2.75, 3.05) is 6.54 Å². The lowest BCUT2D eigenvalue weighted by Gasteiger charge is -2.07. The predicted molar refractivity (Wildman–Crippen MR) is 64.6 cm³/mol. The summed E-state index contributed by atoms with van der Waals surface area (Å²) >= 11 is 0. The van der Waals surface area contributed by atoms with Gasteiger partial charge in [0.15, 0.2) is 5.65 Å². The summed E-state index contributed by atoms with van der Waals surface area (Å²) < 4.78 is 2.76. The number of carbonyl (C=O) groups is 1. The van der Waals surface area contributed by atoms with E-state index >= 15 is 0 Å².